The number of nitrogens with zero attached hydrogens (tertiary/aromatic N) is 2. The summed E-state index contributed by atoms with van der Waals surface area (Å²) in [5, 5.41) is 4.12. The number of hydrogen-bond donors (Lipinski definition) is 1. The molecule has 146 valence electrons. The van der Waals surface area contributed by atoms with E-state index in [1.54, 1.807) is 11.1 Å². The largest absolute Gasteiger partial charge is 0.469 e. The highest BCUT2D eigenvalue weighted by atomic mass is 16.5. The third-order valence-corrected chi connectivity index (χ3v) is 6.53. The number of methoxy groups -OCH3 is 1. The fourth-order valence-corrected chi connectivity index (χ4v) is 4.86. The molecule has 0 radical (unpaired) electrons. The van der Waals surface area contributed by atoms with E-state index in [0.717, 1.165) is 23.7 Å². The maximum atomic E-state index is 12.5. The third-order valence-electron chi connectivity index (χ3n) is 6.53. The Morgan fingerprint density at radius 1 is 1.32 bits per heavy atom. The maximum Gasteiger partial charge on any atom is 0.317 e. The number of likely N-dealkylation sites (tertiary alicyclic amines) is 1. The molecule has 5 rings (SSSR count). The minimum atomic E-state index is -0.459. The van der Waals surface area contributed by atoms with Crippen LogP contribution in [0, 0.1) is 11.3 Å². The Hall–Kier alpha value is -2.67. The number of nitrogens with one attached hydrogen (secondary N) is 1. The number of aromatic nitrogens is 1. The fraction of sp³-hybridized carbons (Fsp3) is 0.476. The number of para-hydroxylation sites is 1. The van der Waals surface area contributed by atoms with Gasteiger partial charge in [-0.15, -0.1) is 0 Å². The van der Waals surface area contributed by atoms with Crippen LogP contribution in [0.15, 0.2) is 36.5 Å². The molecular formula is C21H23N3O4. The molecule has 2 aromatic rings. The van der Waals surface area contributed by atoms with Gasteiger partial charge in [0.25, 0.3) is 0 Å². The third kappa shape index (κ3) is 2.49. The monoisotopic (exact) mass is 381 g/mol. The Bertz CT molecular complexity index is 950. The predicted molar refractivity (Wildman–Crippen MR) is 102 cm³/mol. The van der Waals surface area contributed by atoms with E-state index >= 15 is 0 Å². The first-order valence-corrected chi connectivity index (χ1v) is 9.66. The van der Waals surface area contributed by atoms with Gasteiger partial charge in [0, 0.05) is 24.0 Å². The van der Waals surface area contributed by atoms with E-state index in [9.17, 15) is 9.59 Å². The number of hydrogen-bond acceptors (Lipinski definition) is 5. The molecule has 28 heavy (non-hydrogen) atoms. The van der Waals surface area contributed by atoms with Gasteiger partial charge in [0.05, 0.1) is 37.7 Å². The van der Waals surface area contributed by atoms with Gasteiger partial charge in [-0.1, -0.05) is 18.2 Å². The van der Waals surface area contributed by atoms with Crippen LogP contribution >= 0.6 is 0 Å². The predicted octanol–water partition coefficient (Wildman–Crippen LogP) is 1.75. The van der Waals surface area contributed by atoms with Crippen LogP contribution in [0.3, 0.4) is 0 Å². The molecular weight excluding hydrogens is 358 g/mol. The van der Waals surface area contributed by atoms with Gasteiger partial charge < -0.3 is 19.7 Å². The summed E-state index contributed by atoms with van der Waals surface area (Å²) in [4.78, 5) is 30.6. The van der Waals surface area contributed by atoms with Crippen molar-refractivity contribution in [1.82, 2.24) is 15.2 Å². The van der Waals surface area contributed by atoms with Crippen molar-refractivity contribution in [3.05, 3.63) is 42.1 Å². The first kappa shape index (κ1) is 17.4. The number of amides is 2. The van der Waals surface area contributed by atoms with Gasteiger partial charge >= 0.3 is 12.0 Å². The molecule has 2 saturated heterocycles. The lowest BCUT2D eigenvalue weighted by atomic mass is 9.87. The van der Waals surface area contributed by atoms with E-state index in [4.69, 9.17) is 9.47 Å². The molecule has 2 aliphatic heterocycles. The maximum absolute atomic E-state index is 12.5. The van der Waals surface area contributed by atoms with E-state index in [0.29, 0.717) is 26.2 Å². The second kappa shape index (κ2) is 6.17. The standard InChI is InChI=1S/C21H23N3O4/c1-27-18(25)20-10-17(20)21(28-13-20)11-24(12-21)19(26)23-9-7-14-6-8-22-16-5-3-2-4-15(14)16/h2-6,8,17H,7,9-13H2,1H3,(H,23,26). The van der Waals surface area contributed by atoms with Crippen LogP contribution in [0.1, 0.15) is 12.0 Å². The summed E-state index contributed by atoms with van der Waals surface area (Å²) in [5.41, 5.74) is 1.32. The van der Waals surface area contributed by atoms with Crippen LogP contribution in [-0.2, 0) is 20.7 Å². The molecule has 1 N–H and O–H groups in total. The lowest BCUT2D eigenvalue weighted by Gasteiger charge is -2.48. The molecule has 7 nitrogen and oxygen atoms in total. The van der Waals surface area contributed by atoms with Gasteiger partial charge in [-0.2, -0.15) is 0 Å². The molecule has 1 saturated carbocycles. The number of ether oxygens (including phenoxy) is 2. The normalized spacial score (nSPS) is 26.6. The summed E-state index contributed by atoms with van der Waals surface area (Å²) in [6.07, 6.45) is 3.36. The van der Waals surface area contributed by atoms with Crippen molar-refractivity contribution in [1.29, 1.82) is 0 Å². The molecule has 3 fully saturated rings. The van der Waals surface area contributed by atoms with Gasteiger partial charge in [0.1, 0.15) is 5.60 Å². The highest BCUT2D eigenvalue weighted by molar-refractivity contribution is 5.83. The first-order valence-electron chi connectivity index (χ1n) is 9.66. The molecule has 1 aromatic heterocycles. The zero-order valence-corrected chi connectivity index (χ0v) is 15.8. The van der Waals surface area contributed by atoms with E-state index < -0.39 is 5.41 Å². The zero-order valence-electron chi connectivity index (χ0n) is 15.8. The van der Waals surface area contributed by atoms with E-state index in [1.165, 1.54) is 12.7 Å². The second-order valence-corrected chi connectivity index (χ2v) is 8.08. The Kier molecular flexibility index (Phi) is 3.84. The number of pyridine rings is 1. The van der Waals surface area contributed by atoms with Crippen LogP contribution in [0.4, 0.5) is 4.79 Å². The van der Waals surface area contributed by atoms with Crippen LogP contribution < -0.4 is 5.32 Å². The van der Waals surface area contributed by atoms with E-state index in [1.807, 2.05) is 24.3 Å². The van der Waals surface area contributed by atoms with Crippen molar-refractivity contribution in [2.45, 2.75) is 18.4 Å². The summed E-state index contributed by atoms with van der Waals surface area (Å²) >= 11 is 0. The molecule has 2 atom stereocenters. The highest BCUT2D eigenvalue weighted by Crippen LogP contribution is 2.66. The minimum Gasteiger partial charge on any atom is -0.469 e. The summed E-state index contributed by atoms with van der Waals surface area (Å²) in [5.74, 6) is 0.00142. The average Bonchev–Trinajstić information content (AvgIpc) is 3.34. The van der Waals surface area contributed by atoms with Crippen molar-refractivity contribution in [2.75, 3.05) is 33.4 Å². The lowest BCUT2D eigenvalue weighted by Crippen LogP contribution is -2.66. The fourth-order valence-electron chi connectivity index (χ4n) is 4.86. The molecule has 3 aliphatic rings. The summed E-state index contributed by atoms with van der Waals surface area (Å²) in [7, 11) is 1.42. The van der Waals surface area contributed by atoms with Crippen molar-refractivity contribution < 1.29 is 19.1 Å². The number of benzene rings is 1. The number of rotatable bonds is 4. The Morgan fingerprint density at radius 3 is 2.93 bits per heavy atom. The van der Waals surface area contributed by atoms with Gasteiger partial charge in [-0.25, -0.2) is 4.79 Å². The Labute approximate surface area is 163 Å². The van der Waals surface area contributed by atoms with Crippen LogP contribution in [0.2, 0.25) is 0 Å². The Morgan fingerprint density at radius 2 is 2.14 bits per heavy atom. The van der Waals surface area contributed by atoms with Crippen LogP contribution in [0.5, 0.6) is 0 Å². The van der Waals surface area contributed by atoms with E-state index in [-0.39, 0.29) is 23.5 Å². The zero-order chi connectivity index (χ0) is 19.4. The van der Waals surface area contributed by atoms with Gasteiger partial charge in [-0.3, -0.25) is 9.78 Å². The van der Waals surface area contributed by atoms with E-state index in [2.05, 4.69) is 16.4 Å². The molecule has 7 heteroatoms. The smallest absolute Gasteiger partial charge is 0.317 e. The van der Waals surface area contributed by atoms with Crippen LogP contribution in [-0.4, -0.2) is 60.8 Å². The quantitative estimate of drug-likeness (QED) is 0.816. The SMILES string of the molecule is COC(=O)C12COC3(CN(C(=O)NCCc4ccnc5ccccc45)C3)C1C2. The molecule has 2 amide bonds. The minimum absolute atomic E-state index is 0.0798. The topological polar surface area (TPSA) is 80.8 Å². The van der Waals surface area contributed by atoms with Crippen LogP contribution in [0.25, 0.3) is 10.9 Å². The number of esters is 1. The Balaban J connectivity index is 1.14. The molecule has 3 heterocycles. The summed E-state index contributed by atoms with van der Waals surface area (Å²) < 4.78 is 10.9. The highest BCUT2D eigenvalue weighted by Gasteiger charge is 2.77. The summed E-state index contributed by atoms with van der Waals surface area (Å²) in [6.45, 7) is 2.06. The lowest BCUT2D eigenvalue weighted by molar-refractivity contribution is -0.148. The molecule has 1 aromatic carbocycles. The van der Waals surface area contributed by atoms with Gasteiger partial charge in [-0.05, 0) is 30.5 Å². The molecule has 2 unspecified atom stereocenters. The molecule has 1 spiro atoms. The first-order chi connectivity index (χ1) is 13.6. The molecule has 1 aliphatic carbocycles. The van der Waals surface area contributed by atoms with Crippen molar-refractivity contribution >= 4 is 22.9 Å². The number of fused-ring (bicyclic) bond motifs is 3. The van der Waals surface area contributed by atoms with Gasteiger partial charge in [0.2, 0.25) is 0 Å². The van der Waals surface area contributed by atoms with Crippen molar-refractivity contribution in [3.63, 3.8) is 0 Å². The van der Waals surface area contributed by atoms with Crippen molar-refractivity contribution in [3.8, 4) is 0 Å². The summed E-state index contributed by atoms with van der Waals surface area (Å²) in [6, 6.07) is 9.94. The number of carbonyl (C=O) groups is 2. The number of carbonyl (C=O) groups excluding carboxylic acids is 2. The van der Waals surface area contributed by atoms with Crippen molar-refractivity contribution in [2.24, 2.45) is 11.3 Å². The van der Waals surface area contributed by atoms with Gasteiger partial charge in [0.15, 0.2) is 0 Å². The number of urea groups is 1. The molecule has 0 bridgehead atoms. The average molecular weight is 381 g/mol. The second-order valence-electron chi connectivity index (χ2n) is 8.08.